The molecule has 2 rings (SSSR count). The molecule has 0 fully saturated rings. The second kappa shape index (κ2) is 5.78. The Bertz CT molecular complexity index is 534. The maximum Gasteiger partial charge on any atom is 0.237 e. The number of hydrogen-bond donors (Lipinski definition) is 1. The van der Waals surface area contributed by atoms with Gasteiger partial charge in [-0.1, -0.05) is 0 Å². The summed E-state index contributed by atoms with van der Waals surface area (Å²) in [6.07, 6.45) is 1.82. The molecule has 0 bridgehead atoms. The van der Waals surface area contributed by atoms with Crippen LogP contribution in [0.4, 0.5) is 5.69 Å². The lowest BCUT2D eigenvalue weighted by atomic mass is 10.2. The SMILES string of the molecule is Cc1ccc(C(C)Nc2cccnc2OC(C)C)o1. The quantitative estimate of drug-likeness (QED) is 0.884. The second-order valence-electron chi connectivity index (χ2n) is 4.84. The first kappa shape index (κ1) is 13.5. The highest BCUT2D eigenvalue weighted by atomic mass is 16.5. The lowest BCUT2D eigenvalue weighted by Gasteiger charge is -2.17. The molecule has 0 saturated heterocycles. The molecule has 102 valence electrons. The first-order chi connectivity index (χ1) is 9.06. The number of ether oxygens (including phenoxy) is 1. The average Bonchev–Trinajstić information content (AvgIpc) is 2.78. The van der Waals surface area contributed by atoms with E-state index in [9.17, 15) is 0 Å². The molecule has 4 heteroatoms. The van der Waals surface area contributed by atoms with Crippen molar-refractivity contribution in [3.8, 4) is 5.88 Å². The smallest absolute Gasteiger partial charge is 0.237 e. The summed E-state index contributed by atoms with van der Waals surface area (Å²) in [5, 5.41) is 3.36. The van der Waals surface area contributed by atoms with E-state index in [0.29, 0.717) is 5.88 Å². The predicted octanol–water partition coefficient (Wildman–Crippen LogP) is 3.94. The molecule has 2 heterocycles. The summed E-state index contributed by atoms with van der Waals surface area (Å²) >= 11 is 0. The Morgan fingerprint density at radius 2 is 2.00 bits per heavy atom. The third-order valence-electron chi connectivity index (χ3n) is 2.68. The predicted molar refractivity (Wildman–Crippen MR) is 75.5 cm³/mol. The topological polar surface area (TPSA) is 47.3 Å². The van der Waals surface area contributed by atoms with Gasteiger partial charge < -0.3 is 14.5 Å². The van der Waals surface area contributed by atoms with Gasteiger partial charge in [0.2, 0.25) is 5.88 Å². The van der Waals surface area contributed by atoms with Crippen molar-refractivity contribution in [1.29, 1.82) is 0 Å². The minimum atomic E-state index is 0.0624. The standard InChI is InChI=1S/C15H20N2O2/c1-10(2)18-15-13(6-5-9-16-15)17-12(4)14-8-7-11(3)19-14/h5-10,12,17H,1-4H3. The van der Waals surface area contributed by atoms with Gasteiger partial charge in [-0.05, 0) is 52.0 Å². The summed E-state index contributed by atoms with van der Waals surface area (Å²) < 4.78 is 11.3. The van der Waals surface area contributed by atoms with Crippen LogP contribution in [0.2, 0.25) is 0 Å². The highest BCUT2D eigenvalue weighted by Crippen LogP contribution is 2.27. The van der Waals surface area contributed by atoms with Crippen LogP contribution in [-0.4, -0.2) is 11.1 Å². The lowest BCUT2D eigenvalue weighted by Crippen LogP contribution is -2.11. The molecule has 4 nitrogen and oxygen atoms in total. The molecule has 19 heavy (non-hydrogen) atoms. The van der Waals surface area contributed by atoms with Crippen LogP contribution in [0.5, 0.6) is 5.88 Å². The van der Waals surface area contributed by atoms with Crippen molar-refractivity contribution in [2.45, 2.75) is 39.8 Å². The Morgan fingerprint density at radius 1 is 1.21 bits per heavy atom. The van der Waals surface area contributed by atoms with Crippen LogP contribution in [0.25, 0.3) is 0 Å². The Labute approximate surface area is 113 Å². The van der Waals surface area contributed by atoms with Crippen molar-refractivity contribution in [2.75, 3.05) is 5.32 Å². The van der Waals surface area contributed by atoms with Gasteiger partial charge in [-0.2, -0.15) is 0 Å². The number of aryl methyl sites for hydroxylation is 1. The Hall–Kier alpha value is -1.97. The maximum atomic E-state index is 5.68. The number of aromatic nitrogens is 1. The van der Waals surface area contributed by atoms with Gasteiger partial charge in [0.25, 0.3) is 0 Å². The molecular weight excluding hydrogens is 240 g/mol. The van der Waals surface area contributed by atoms with Crippen LogP contribution < -0.4 is 10.1 Å². The number of furan rings is 1. The summed E-state index contributed by atoms with van der Waals surface area (Å²) in [4.78, 5) is 4.26. The van der Waals surface area contributed by atoms with Gasteiger partial charge in [0.15, 0.2) is 0 Å². The fourth-order valence-electron chi connectivity index (χ4n) is 1.81. The molecule has 1 unspecified atom stereocenters. The molecule has 2 aromatic rings. The minimum absolute atomic E-state index is 0.0624. The molecule has 0 aliphatic heterocycles. The van der Waals surface area contributed by atoms with Gasteiger partial charge in [0.1, 0.15) is 11.5 Å². The number of anilines is 1. The molecule has 0 saturated carbocycles. The molecule has 0 radical (unpaired) electrons. The summed E-state index contributed by atoms with van der Waals surface area (Å²) in [6, 6.07) is 7.84. The van der Waals surface area contributed by atoms with Crippen molar-refractivity contribution in [3.63, 3.8) is 0 Å². The van der Waals surface area contributed by atoms with Gasteiger partial charge in [-0.3, -0.25) is 0 Å². The third-order valence-corrected chi connectivity index (χ3v) is 2.68. The van der Waals surface area contributed by atoms with Crippen molar-refractivity contribution >= 4 is 5.69 Å². The molecule has 0 aliphatic carbocycles. The molecule has 0 amide bonds. The number of nitrogens with one attached hydrogen (secondary N) is 1. The monoisotopic (exact) mass is 260 g/mol. The summed E-state index contributed by atoms with van der Waals surface area (Å²) in [5.74, 6) is 2.43. The third kappa shape index (κ3) is 3.50. The molecule has 0 spiro atoms. The van der Waals surface area contributed by atoms with E-state index in [-0.39, 0.29) is 12.1 Å². The van der Waals surface area contributed by atoms with Gasteiger partial charge in [-0.25, -0.2) is 4.98 Å². The van der Waals surface area contributed by atoms with Gasteiger partial charge in [0.05, 0.1) is 17.8 Å². The first-order valence-electron chi connectivity index (χ1n) is 6.51. The zero-order valence-corrected chi connectivity index (χ0v) is 11.8. The molecule has 2 aromatic heterocycles. The normalized spacial score (nSPS) is 12.5. The molecule has 1 N–H and O–H groups in total. The van der Waals surface area contributed by atoms with E-state index in [4.69, 9.17) is 9.15 Å². The van der Waals surface area contributed by atoms with E-state index < -0.39 is 0 Å². The van der Waals surface area contributed by atoms with E-state index in [1.165, 1.54) is 0 Å². The first-order valence-corrected chi connectivity index (χ1v) is 6.51. The van der Waals surface area contributed by atoms with Crippen LogP contribution in [0.15, 0.2) is 34.9 Å². The summed E-state index contributed by atoms with van der Waals surface area (Å²) in [5.41, 5.74) is 0.873. The van der Waals surface area contributed by atoms with Crippen LogP contribution >= 0.6 is 0 Å². The molecule has 0 aliphatic rings. The Kier molecular flexibility index (Phi) is 4.10. The van der Waals surface area contributed by atoms with Crippen molar-refractivity contribution < 1.29 is 9.15 Å². The second-order valence-corrected chi connectivity index (χ2v) is 4.84. The lowest BCUT2D eigenvalue weighted by molar-refractivity contribution is 0.234. The van der Waals surface area contributed by atoms with E-state index >= 15 is 0 Å². The Morgan fingerprint density at radius 3 is 2.63 bits per heavy atom. The van der Waals surface area contributed by atoms with E-state index in [1.807, 2.05) is 52.0 Å². The molecule has 1 atom stereocenters. The van der Waals surface area contributed by atoms with Crippen molar-refractivity contribution in [2.24, 2.45) is 0 Å². The summed E-state index contributed by atoms with van der Waals surface area (Å²) in [6.45, 7) is 7.95. The van der Waals surface area contributed by atoms with Gasteiger partial charge >= 0.3 is 0 Å². The van der Waals surface area contributed by atoms with Gasteiger partial charge in [-0.15, -0.1) is 0 Å². The molecule has 0 aromatic carbocycles. The van der Waals surface area contributed by atoms with Crippen molar-refractivity contribution in [3.05, 3.63) is 42.0 Å². The highest BCUT2D eigenvalue weighted by Gasteiger charge is 2.13. The average molecular weight is 260 g/mol. The molecular formula is C15H20N2O2. The number of rotatable bonds is 5. The zero-order valence-electron chi connectivity index (χ0n) is 11.8. The fraction of sp³-hybridized carbons (Fsp3) is 0.400. The van der Waals surface area contributed by atoms with Crippen LogP contribution in [0.3, 0.4) is 0 Å². The van der Waals surface area contributed by atoms with E-state index in [0.717, 1.165) is 17.2 Å². The number of pyridine rings is 1. The largest absolute Gasteiger partial charge is 0.473 e. The number of hydrogen-bond acceptors (Lipinski definition) is 4. The van der Waals surface area contributed by atoms with E-state index in [1.54, 1.807) is 6.20 Å². The Balaban J connectivity index is 2.14. The summed E-state index contributed by atoms with van der Waals surface area (Å²) in [7, 11) is 0. The van der Waals surface area contributed by atoms with Crippen molar-refractivity contribution in [1.82, 2.24) is 4.98 Å². The van der Waals surface area contributed by atoms with Crippen LogP contribution in [0.1, 0.15) is 38.3 Å². The van der Waals surface area contributed by atoms with Crippen LogP contribution in [0, 0.1) is 6.92 Å². The highest BCUT2D eigenvalue weighted by molar-refractivity contribution is 5.53. The van der Waals surface area contributed by atoms with Crippen LogP contribution in [-0.2, 0) is 0 Å². The minimum Gasteiger partial charge on any atom is -0.473 e. The fourth-order valence-corrected chi connectivity index (χ4v) is 1.81. The zero-order chi connectivity index (χ0) is 13.8. The number of nitrogens with zero attached hydrogens (tertiary/aromatic N) is 1. The van der Waals surface area contributed by atoms with Gasteiger partial charge in [0, 0.05) is 6.20 Å². The maximum absolute atomic E-state index is 5.68. The van der Waals surface area contributed by atoms with E-state index in [2.05, 4.69) is 10.3 Å².